The van der Waals surface area contributed by atoms with E-state index in [-0.39, 0.29) is 36.8 Å². The van der Waals surface area contributed by atoms with E-state index in [2.05, 4.69) is 47.0 Å². The van der Waals surface area contributed by atoms with Gasteiger partial charge in [0.2, 0.25) is 5.91 Å². The molecule has 1 saturated heterocycles. The van der Waals surface area contributed by atoms with E-state index in [0.717, 1.165) is 42.0 Å². The average Bonchev–Trinajstić information content (AvgIpc) is 2.92. The minimum absolute atomic E-state index is 0. The fraction of sp³-hybridized carbons (Fsp3) is 0.500. The highest BCUT2D eigenvalue weighted by Crippen LogP contribution is 2.44. The number of ether oxygens (including phenoxy) is 1. The molecule has 4 rings (SSSR count). The van der Waals surface area contributed by atoms with Gasteiger partial charge in [0.15, 0.2) is 0 Å². The van der Waals surface area contributed by atoms with Crippen LogP contribution in [0.25, 0.3) is 0 Å². The Hall–Kier alpha value is -1.79. The highest BCUT2D eigenvalue weighted by atomic mass is 35.5. The number of amides is 1. The third kappa shape index (κ3) is 5.48. The summed E-state index contributed by atoms with van der Waals surface area (Å²) < 4.78 is 6.18. The lowest BCUT2D eigenvalue weighted by atomic mass is 9.85. The van der Waals surface area contributed by atoms with Gasteiger partial charge in [-0.3, -0.25) is 4.79 Å². The molecule has 0 bridgehead atoms. The molecule has 0 spiro atoms. The van der Waals surface area contributed by atoms with Crippen molar-refractivity contribution in [2.45, 2.75) is 70.7 Å². The van der Waals surface area contributed by atoms with Gasteiger partial charge in [-0.2, -0.15) is 0 Å². The molecule has 2 heterocycles. The van der Waals surface area contributed by atoms with Crippen LogP contribution < -0.4 is 20.3 Å². The molecule has 0 saturated carbocycles. The average molecular weight is 495 g/mol. The van der Waals surface area contributed by atoms with Gasteiger partial charge in [0, 0.05) is 37.3 Å². The lowest BCUT2D eigenvalue weighted by molar-refractivity contribution is -0.121. The van der Waals surface area contributed by atoms with E-state index in [1.165, 1.54) is 5.56 Å². The molecule has 2 aliphatic rings. The number of hydrogen-bond donors (Lipinski definition) is 2. The second-order valence-electron chi connectivity index (χ2n) is 9.60. The number of carbonyl (C=O) groups is 1. The molecule has 1 fully saturated rings. The maximum Gasteiger partial charge on any atom is 0.236 e. The fourth-order valence-electron chi connectivity index (χ4n) is 4.90. The van der Waals surface area contributed by atoms with Crippen LogP contribution in [0.3, 0.4) is 0 Å². The van der Waals surface area contributed by atoms with Crippen LogP contribution in [-0.2, 0) is 16.8 Å². The first kappa shape index (κ1) is 27.5. The number of halogens is 2. The Morgan fingerprint density at radius 1 is 1.18 bits per heavy atom. The third-order valence-corrected chi connectivity index (χ3v) is 6.59. The van der Waals surface area contributed by atoms with Crippen LogP contribution in [0, 0.1) is 0 Å². The summed E-state index contributed by atoms with van der Waals surface area (Å²) in [5.74, 6) is 0.988. The summed E-state index contributed by atoms with van der Waals surface area (Å²) in [7, 11) is 1.85. The van der Waals surface area contributed by atoms with E-state index in [9.17, 15) is 4.79 Å². The fourth-order valence-corrected chi connectivity index (χ4v) is 4.90. The monoisotopic (exact) mass is 493 g/mol. The number of hydrogen-bond acceptors (Lipinski definition) is 4. The minimum atomic E-state index is -0.520. The number of benzene rings is 2. The number of nitrogens with zero attached hydrogens (tertiary/aromatic N) is 1. The van der Waals surface area contributed by atoms with Gasteiger partial charge in [0.1, 0.15) is 5.75 Å². The summed E-state index contributed by atoms with van der Waals surface area (Å²) in [6.07, 6.45) is 2.36. The van der Waals surface area contributed by atoms with Crippen LogP contribution in [0.5, 0.6) is 5.75 Å². The van der Waals surface area contributed by atoms with Crippen molar-refractivity contribution in [1.29, 1.82) is 0 Å². The molecule has 182 valence electrons. The largest absolute Gasteiger partial charge is 0.491 e. The van der Waals surface area contributed by atoms with Crippen molar-refractivity contribution in [1.82, 2.24) is 10.6 Å². The zero-order valence-electron chi connectivity index (χ0n) is 20.2. The standard InChI is InChI=1S/C26H35N3O2.2ClH/c1-17(2)31-23-15-22-20(26(3,4)25(30)29(22)5)14-19(23)16-28-21-12-9-13-27-24(21)18-10-7-6-8-11-18;;/h6-8,10-11,14-15,17,21,24,27-28H,9,12-13,16H2,1-5H3;2*1H. The Morgan fingerprint density at radius 2 is 1.88 bits per heavy atom. The van der Waals surface area contributed by atoms with Crippen molar-refractivity contribution in [2.75, 3.05) is 18.5 Å². The molecule has 2 aromatic carbocycles. The molecular formula is C26H37Cl2N3O2. The zero-order chi connectivity index (χ0) is 22.2. The molecule has 0 aromatic heterocycles. The molecule has 2 unspecified atom stereocenters. The first-order valence-corrected chi connectivity index (χ1v) is 11.4. The molecule has 7 heteroatoms. The Labute approximate surface area is 210 Å². The Morgan fingerprint density at radius 3 is 2.55 bits per heavy atom. The highest BCUT2D eigenvalue weighted by molar-refractivity contribution is 6.07. The molecule has 0 aliphatic carbocycles. The molecule has 33 heavy (non-hydrogen) atoms. The number of rotatable bonds is 6. The van der Waals surface area contributed by atoms with Crippen LogP contribution >= 0.6 is 24.8 Å². The van der Waals surface area contributed by atoms with Gasteiger partial charge in [0.05, 0.1) is 17.2 Å². The van der Waals surface area contributed by atoms with E-state index in [4.69, 9.17) is 4.74 Å². The normalized spacial score (nSPS) is 21.3. The number of likely N-dealkylation sites (N-methyl/N-ethyl adjacent to an activating group) is 1. The number of nitrogens with one attached hydrogen (secondary N) is 2. The molecule has 1 amide bonds. The molecule has 5 nitrogen and oxygen atoms in total. The molecule has 0 radical (unpaired) electrons. The second-order valence-corrected chi connectivity index (χ2v) is 9.60. The van der Waals surface area contributed by atoms with Crippen LogP contribution in [0.2, 0.25) is 0 Å². The van der Waals surface area contributed by atoms with Crippen molar-refractivity contribution < 1.29 is 9.53 Å². The predicted octanol–water partition coefficient (Wildman–Crippen LogP) is 5.15. The van der Waals surface area contributed by atoms with Crippen molar-refractivity contribution in [3.63, 3.8) is 0 Å². The van der Waals surface area contributed by atoms with Crippen LogP contribution in [0.4, 0.5) is 5.69 Å². The summed E-state index contributed by atoms with van der Waals surface area (Å²) in [4.78, 5) is 14.6. The summed E-state index contributed by atoms with van der Waals surface area (Å²) in [6.45, 7) is 9.85. The summed E-state index contributed by atoms with van der Waals surface area (Å²) in [5.41, 5.74) is 3.94. The van der Waals surface area contributed by atoms with Gasteiger partial charge < -0.3 is 20.3 Å². The van der Waals surface area contributed by atoms with Crippen LogP contribution in [0.15, 0.2) is 42.5 Å². The smallest absolute Gasteiger partial charge is 0.236 e. The first-order chi connectivity index (χ1) is 14.8. The van der Waals surface area contributed by atoms with Crippen molar-refractivity contribution in [3.05, 3.63) is 59.2 Å². The van der Waals surface area contributed by atoms with E-state index < -0.39 is 5.41 Å². The molecule has 2 aromatic rings. The van der Waals surface area contributed by atoms with Gasteiger partial charge in [-0.1, -0.05) is 30.3 Å². The Bertz CT molecular complexity index is 950. The van der Waals surface area contributed by atoms with E-state index in [1.54, 1.807) is 4.90 Å². The molecule has 2 N–H and O–H groups in total. The van der Waals surface area contributed by atoms with Gasteiger partial charge in [0.25, 0.3) is 0 Å². The lowest BCUT2D eigenvalue weighted by Crippen LogP contribution is -2.45. The number of fused-ring (bicyclic) bond motifs is 1. The highest BCUT2D eigenvalue weighted by Gasteiger charge is 2.43. The van der Waals surface area contributed by atoms with Gasteiger partial charge in [-0.15, -0.1) is 24.8 Å². The maximum absolute atomic E-state index is 12.8. The third-order valence-electron chi connectivity index (χ3n) is 6.59. The Balaban J connectivity index is 0.00000193. The van der Waals surface area contributed by atoms with E-state index in [0.29, 0.717) is 18.6 Å². The number of anilines is 1. The van der Waals surface area contributed by atoms with E-state index >= 15 is 0 Å². The van der Waals surface area contributed by atoms with E-state index in [1.807, 2.05) is 40.8 Å². The molecule has 2 aliphatic heterocycles. The van der Waals surface area contributed by atoms with Crippen molar-refractivity contribution in [2.24, 2.45) is 0 Å². The van der Waals surface area contributed by atoms with Gasteiger partial charge in [-0.25, -0.2) is 0 Å². The SMILES string of the molecule is CC(C)Oc1cc2c(cc1CNC1CCCNC1c1ccccc1)C(C)(C)C(=O)N2C.Cl.Cl. The summed E-state index contributed by atoms with van der Waals surface area (Å²) >= 11 is 0. The predicted molar refractivity (Wildman–Crippen MR) is 140 cm³/mol. The maximum atomic E-state index is 12.8. The lowest BCUT2D eigenvalue weighted by Gasteiger charge is -2.34. The summed E-state index contributed by atoms with van der Waals surface area (Å²) in [5, 5.41) is 7.49. The minimum Gasteiger partial charge on any atom is -0.491 e. The van der Waals surface area contributed by atoms with Gasteiger partial charge in [-0.05, 0) is 64.3 Å². The summed E-state index contributed by atoms with van der Waals surface area (Å²) in [6, 6.07) is 15.5. The van der Waals surface area contributed by atoms with Crippen LogP contribution in [-0.4, -0.2) is 31.6 Å². The number of piperidine rings is 1. The second kappa shape index (κ2) is 11.1. The zero-order valence-corrected chi connectivity index (χ0v) is 21.8. The molecular weight excluding hydrogens is 457 g/mol. The topological polar surface area (TPSA) is 53.6 Å². The van der Waals surface area contributed by atoms with Gasteiger partial charge >= 0.3 is 0 Å². The van der Waals surface area contributed by atoms with Crippen molar-refractivity contribution >= 4 is 36.4 Å². The quantitative estimate of drug-likeness (QED) is 0.583. The van der Waals surface area contributed by atoms with Crippen LogP contribution in [0.1, 0.15) is 63.3 Å². The first-order valence-electron chi connectivity index (χ1n) is 11.4. The number of carbonyl (C=O) groups excluding carboxylic acids is 1. The Kier molecular flexibility index (Phi) is 9.23. The molecule has 2 atom stereocenters. The van der Waals surface area contributed by atoms with Crippen molar-refractivity contribution in [3.8, 4) is 5.75 Å².